The molecule has 0 spiro atoms. The molecular weight excluding hydrogens is 226 g/mol. The molecule has 1 aromatic heterocycles. The Balaban J connectivity index is 2.36. The van der Waals surface area contributed by atoms with Crippen LogP contribution in [0.2, 0.25) is 0 Å². The fourth-order valence-electron chi connectivity index (χ4n) is 1.86. The first-order chi connectivity index (χ1) is 7.72. The molecule has 1 aromatic rings. The predicted octanol–water partition coefficient (Wildman–Crippen LogP) is 1.35. The van der Waals surface area contributed by atoms with E-state index in [1.54, 1.807) is 6.07 Å². The van der Waals surface area contributed by atoms with Crippen LogP contribution in [0.3, 0.4) is 0 Å². The Labute approximate surface area is 97.7 Å². The van der Waals surface area contributed by atoms with Gasteiger partial charge in [-0.05, 0) is 30.9 Å². The first kappa shape index (κ1) is 11.4. The summed E-state index contributed by atoms with van der Waals surface area (Å²) in [4.78, 5) is 15.5. The van der Waals surface area contributed by atoms with Gasteiger partial charge in [0, 0.05) is 11.4 Å². The zero-order valence-electron chi connectivity index (χ0n) is 8.77. The van der Waals surface area contributed by atoms with Gasteiger partial charge in [-0.1, -0.05) is 0 Å². The molecule has 0 fully saturated rings. The lowest BCUT2D eigenvalue weighted by atomic mass is 10.1. The monoisotopic (exact) mass is 239 g/mol. The SMILES string of the molecule is O=C(O)c1cc2c(nc1SCCO)CCC2. The third kappa shape index (κ3) is 2.20. The van der Waals surface area contributed by atoms with Crippen LogP contribution in [0, 0.1) is 0 Å². The van der Waals surface area contributed by atoms with Crippen molar-refractivity contribution in [2.45, 2.75) is 24.3 Å². The van der Waals surface area contributed by atoms with Crippen molar-refractivity contribution >= 4 is 17.7 Å². The normalized spacial score (nSPS) is 13.8. The molecule has 0 radical (unpaired) electrons. The average molecular weight is 239 g/mol. The van der Waals surface area contributed by atoms with Crippen LogP contribution in [0.1, 0.15) is 28.0 Å². The fourth-order valence-corrected chi connectivity index (χ4v) is 2.62. The highest BCUT2D eigenvalue weighted by molar-refractivity contribution is 7.99. The van der Waals surface area contributed by atoms with Gasteiger partial charge in [-0.25, -0.2) is 9.78 Å². The molecule has 5 heteroatoms. The lowest BCUT2D eigenvalue weighted by molar-refractivity contribution is 0.0692. The Morgan fingerprint density at radius 2 is 2.31 bits per heavy atom. The number of hydrogen-bond donors (Lipinski definition) is 2. The Morgan fingerprint density at radius 3 is 3.00 bits per heavy atom. The van der Waals surface area contributed by atoms with Gasteiger partial charge in [-0.3, -0.25) is 0 Å². The third-order valence-electron chi connectivity index (χ3n) is 2.58. The molecule has 0 unspecified atom stereocenters. The van der Waals surface area contributed by atoms with Gasteiger partial charge in [-0.15, -0.1) is 11.8 Å². The molecule has 0 aromatic carbocycles. The Hall–Kier alpha value is -1.07. The molecule has 0 bridgehead atoms. The second-order valence-electron chi connectivity index (χ2n) is 3.68. The van der Waals surface area contributed by atoms with Crippen molar-refractivity contribution in [1.29, 1.82) is 0 Å². The van der Waals surface area contributed by atoms with Crippen molar-refractivity contribution in [3.05, 3.63) is 22.9 Å². The predicted molar refractivity (Wildman–Crippen MR) is 61.0 cm³/mol. The number of fused-ring (bicyclic) bond motifs is 1. The summed E-state index contributed by atoms with van der Waals surface area (Å²) in [5, 5.41) is 18.4. The number of carboxylic acids is 1. The molecule has 2 N–H and O–H groups in total. The summed E-state index contributed by atoms with van der Waals surface area (Å²) in [7, 11) is 0. The number of rotatable bonds is 4. The average Bonchev–Trinajstić information content (AvgIpc) is 2.71. The highest BCUT2D eigenvalue weighted by Crippen LogP contribution is 2.27. The Morgan fingerprint density at radius 1 is 1.50 bits per heavy atom. The Bertz CT molecular complexity index is 420. The number of aromatic carboxylic acids is 1. The van der Waals surface area contributed by atoms with E-state index in [1.165, 1.54) is 11.8 Å². The van der Waals surface area contributed by atoms with Crippen molar-refractivity contribution in [3.8, 4) is 0 Å². The number of hydrogen-bond acceptors (Lipinski definition) is 4. The van der Waals surface area contributed by atoms with Crippen molar-refractivity contribution in [1.82, 2.24) is 4.98 Å². The van der Waals surface area contributed by atoms with Crippen molar-refractivity contribution in [3.63, 3.8) is 0 Å². The van der Waals surface area contributed by atoms with E-state index in [4.69, 9.17) is 10.2 Å². The van der Waals surface area contributed by atoms with Gasteiger partial charge in [0.2, 0.25) is 0 Å². The van der Waals surface area contributed by atoms with E-state index in [1.807, 2.05) is 0 Å². The molecular formula is C11H13NO3S. The van der Waals surface area contributed by atoms with E-state index in [0.29, 0.717) is 10.8 Å². The summed E-state index contributed by atoms with van der Waals surface area (Å²) in [5.41, 5.74) is 2.34. The summed E-state index contributed by atoms with van der Waals surface area (Å²) in [5.74, 6) is -0.464. The molecule has 1 aliphatic rings. The van der Waals surface area contributed by atoms with E-state index >= 15 is 0 Å². The molecule has 0 saturated heterocycles. The smallest absolute Gasteiger partial charge is 0.338 e. The molecule has 0 atom stereocenters. The molecule has 1 heterocycles. The fraction of sp³-hybridized carbons (Fsp3) is 0.455. The van der Waals surface area contributed by atoms with Crippen LogP contribution in [0.4, 0.5) is 0 Å². The minimum atomic E-state index is -0.942. The summed E-state index contributed by atoms with van der Waals surface area (Å²) in [6, 6.07) is 1.73. The molecule has 4 nitrogen and oxygen atoms in total. The number of aliphatic hydroxyl groups excluding tert-OH is 1. The van der Waals surface area contributed by atoms with E-state index in [0.717, 1.165) is 30.5 Å². The van der Waals surface area contributed by atoms with Gasteiger partial charge in [0.1, 0.15) is 5.03 Å². The molecule has 86 valence electrons. The number of aromatic nitrogens is 1. The lowest BCUT2D eigenvalue weighted by Crippen LogP contribution is -2.05. The largest absolute Gasteiger partial charge is 0.478 e. The first-order valence-corrected chi connectivity index (χ1v) is 6.20. The maximum absolute atomic E-state index is 11.1. The maximum Gasteiger partial charge on any atom is 0.338 e. The van der Waals surface area contributed by atoms with Gasteiger partial charge in [0.15, 0.2) is 0 Å². The maximum atomic E-state index is 11.1. The second-order valence-corrected chi connectivity index (χ2v) is 4.76. The summed E-state index contributed by atoms with van der Waals surface area (Å²) >= 11 is 1.30. The topological polar surface area (TPSA) is 70.4 Å². The van der Waals surface area contributed by atoms with Crippen molar-refractivity contribution in [2.24, 2.45) is 0 Å². The van der Waals surface area contributed by atoms with Crippen LogP contribution in [0.5, 0.6) is 0 Å². The van der Waals surface area contributed by atoms with Gasteiger partial charge in [0.05, 0.1) is 12.2 Å². The van der Waals surface area contributed by atoms with E-state index in [9.17, 15) is 4.79 Å². The minimum absolute atomic E-state index is 0.0302. The van der Waals surface area contributed by atoms with Gasteiger partial charge in [0.25, 0.3) is 0 Å². The molecule has 1 aliphatic carbocycles. The molecule has 0 aliphatic heterocycles. The highest BCUT2D eigenvalue weighted by atomic mass is 32.2. The lowest BCUT2D eigenvalue weighted by Gasteiger charge is -2.07. The van der Waals surface area contributed by atoms with Gasteiger partial charge >= 0.3 is 5.97 Å². The number of pyridine rings is 1. The van der Waals surface area contributed by atoms with Crippen LogP contribution in [0.25, 0.3) is 0 Å². The first-order valence-electron chi connectivity index (χ1n) is 5.22. The molecule has 2 rings (SSSR count). The van der Waals surface area contributed by atoms with Crippen LogP contribution in [-0.2, 0) is 12.8 Å². The quantitative estimate of drug-likeness (QED) is 0.776. The standard InChI is InChI=1S/C11H13NO3S/c13-4-5-16-10-8(11(14)15)6-7-2-1-3-9(7)12-10/h6,13H,1-5H2,(H,14,15). The molecule has 16 heavy (non-hydrogen) atoms. The summed E-state index contributed by atoms with van der Waals surface area (Å²) in [6.07, 6.45) is 2.91. The Kier molecular flexibility index (Phi) is 3.46. The summed E-state index contributed by atoms with van der Waals surface area (Å²) < 4.78 is 0. The van der Waals surface area contributed by atoms with Crippen molar-refractivity contribution in [2.75, 3.05) is 12.4 Å². The van der Waals surface area contributed by atoms with Gasteiger partial charge < -0.3 is 10.2 Å². The van der Waals surface area contributed by atoms with Crippen LogP contribution >= 0.6 is 11.8 Å². The zero-order chi connectivity index (χ0) is 11.5. The highest BCUT2D eigenvalue weighted by Gasteiger charge is 2.19. The number of carbonyl (C=O) groups is 1. The van der Waals surface area contributed by atoms with Crippen LogP contribution in [0.15, 0.2) is 11.1 Å². The van der Waals surface area contributed by atoms with E-state index in [2.05, 4.69) is 4.98 Å². The number of thioether (sulfide) groups is 1. The zero-order valence-corrected chi connectivity index (χ0v) is 9.59. The van der Waals surface area contributed by atoms with Gasteiger partial charge in [-0.2, -0.15) is 0 Å². The van der Waals surface area contributed by atoms with Crippen LogP contribution in [-0.4, -0.2) is 33.5 Å². The van der Waals surface area contributed by atoms with Crippen molar-refractivity contribution < 1.29 is 15.0 Å². The van der Waals surface area contributed by atoms with Crippen LogP contribution < -0.4 is 0 Å². The molecule has 0 amide bonds. The number of aryl methyl sites for hydroxylation is 2. The second kappa shape index (κ2) is 4.84. The molecule has 0 saturated carbocycles. The minimum Gasteiger partial charge on any atom is -0.478 e. The number of aliphatic hydroxyl groups is 1. The van der Waals surface area contributed by atoms with E-state index in [-0.39, 0.29) is 12.2 Å². The van der Waals surface area contributed by atoms with E-state index < -0.39 is 5.97 Å². The number of nitrogens with zero attached hydrogens (tertiary/aromatic N) is 1. The third-order valence-corrected chi connectivity index (χ3v) is 3.55. The summed E-state index contributed by atoms with van der Waals surface area (Å²) in [6.45, 7) is 0.0302. The number of carboxylic acid groups (broad SMARTS) is 1.